The van der Waals surface area contributed by atoms with Crippen LogP contribution in [0, 0.1) is 5.92 Å². The Balaban J connectivity index is 2.48. The second-order valence-corrected chi connectivity index (χ2v) is 11.3. The van der Waals surface area contributed by atoms with Crippen molar-refractivity contribution in [2.24, 2.45) is 5.92 Å². The van der Waals surface area contributed by atoms with Crippen LogP contribution in [0.3, 0.4) is 0 Å². The first kappa shape index (κ1) is 27.8. The number of hydrogen-bond donors (Lipinski definition) is 3. The van der Waals surface area contributed by atoms with Crippen molar-refractivity contribution in [1.82, 2.24) is 15.5 Å². The van der Waals surface area contributed by atoms with Crippen LogP contribution in [0.15, 0.2) is 30.8 Å². The number of thiol groups is 1. The minimum absolute atomic E-state index is 0.0655. The van der Waals surface area contributed by atoms with Gasteiger partial charge in [0.25, 0.3) is 0 Å². The lowest BCUT2D eigenvalue weighted by Gasteiger charge is -2.36. The standard InChI is InChI=1S/C26H39N3O4S/c1-9-17-11-10-12-18(14-17)21(22(30)28-25(3,4)5)29(20-13-16(20)2)23(31)19(15-34)27-24(32)33-26(6,7)8/h9-12,14,16,19-21,34H,1,13,15H2,2-8H3,(H,27,32)(H,28,30). The molecule has 4 atom stereocenters. The van der Waals surface area contributed by atoms with Gasteiger partial charge in [0.2, 0.25) is 11.8 Å². The van der Waals surface area contributed by atoms with Gasteiger partial charge in [0.1, 0.15) is 17.7 Å². The number of alkyl carbamates (subject to hydrolysis) is 1. The molecule has 1 fully saturated rings. The Morgan fingerprint density at radius 1 is 1.24 bits per heavy atom. The highest BCUT2D eigenvalue weighted by atomic mass is 32.1. The molecule has 0 aliphatic heterocycles. The van der Waals surface area contributed by atoms with Gasteiger partial charge in [-0.2, -0.15) is 12.6 Å². The van der Waals surface area contributed by atoms with Crippen LogP contribution in [-0.4, -0.2) is 51.8 Å². The van der Waals surface area contributed by atoms with E-state index in [1.54, 1.807) is 31.7 Å². The highest BCUT2D eigenvalue weighted by Crippen LogP contribution is 2.41. The minimum atomic E-state index is -0.946. The fraction of sp³-hybridized carbons (Fsp3) is 0.577. The summed E-state index contributed by atoms with van der Waals surface area (Å²) in [6.07, 6.45) is 1.78. The van der Waals surface area contributed by atoms with Crippen molar-refractivity contribution >= 4 is 36.6 Å². The van der Waals surface area contributed by atoms with Gasteiger partial charge in [0.15, 0.2) is 0 Å². The second kappa shape index (κ2) is 10.8. The summed E-state index contributed by atoms with van der Waals surface area (Å²) < 4.78 is 5.34. The number of benzene rings is 1. The van der Waals surface area contributed by atoms with Gasteiger partial charge in [-0.05, 0) is 71.1 Å². The SMILES string of the molecule is C=Cc1cccc(C(C(=O)NC(C)(C)C)N(C(=O)C(CS)NC(=O)OC(C)(C)C)C2CC2C)c1. The number of amides is 3. The van der Waals surface area contributed by atoms with Crippen molar-refractivity contribution in [3.8, 4) is 0 Å². The summed E-state index contributed by atoms with van der Waals surface area (Å²) in [4.78, 5) is 41.5. The molecule has 34 heavy (non-hydrogen) atoms. The molecule has 2 N–H and O–H groups in total. The normalized spacial score (nSPS) is 19.4. The number of hydrogen-bond acceptors (Lipinski definition) is 5. The average Bonchev–Trinajstić information content (AvgIpc) is 3.42. The van der Waals surface area contributed by atoms with Crippen LogP contribution in [0.1, 0.15) is 72.1 Å². The number of carbonyl (C=O) groups is 3. The van der Waals surface area contributed by atoms with Crippen LogP contribution in [0.2, 0.25) is 0 Å². The molecule has 4 unspecified atom stereocenters. The molecule has 0 radical (unpaired) electrons. The number of rotatable bonds is 8. The summed E-state index contributed by atoms with van der Waals surface area (Å²) in [5, 5.41) is 5.67. The first-order chi connectivity index (χ1) is 15.7. The van der Waals surface area contributed by atoms with E-state index in [-0.39, 0.29) is 29.5 Å². The molecular formula is C26H39N3O4S. The average molecular weight is 490 g/mol. The monoisotopic (exact) mass is 489 g/mol. The van der Waals surface area contributed by atoms with Crippen LogP contribution < -0.4 is 10.6 Å². The summed E-state index contributed by atoms with van der Waals surface area (Å²) in [5.41, 5.74) is 0.327. The molecule has 0 spiro atoms. The summed E-state index contributed by atoms with van der Waals surface area (Å²) >= 11 is 4.32. The molecule has 0 heterocycles. The summed E-state index contributed by atoms with van der Waals surface area (Å²) in [6, 6.07) is 5.50. The van der Waals surface area contributed by atoms with E-state index in [4.69, 9.17) is 4.74 Å². The largest absolute Gasteiger partial charge is 0.444 e. The van der Waals surface area contributed by atoms with Crippen molar-refractivity contribution in [2.75, 3.05) is 5.75 Å². The topological polar surface area (TPSA) is 87.7 Å². The quantitative estimate of drug-likeness (QED) is 0.474. The zero-order chi connectivity index (χ0) is 25.8. The van der Waals surface area contributed by atoms with Crippen molar-refractivity contribution in [3.63, 3.8) is 0 Å². The van der Waals surface area contributed by atoms with E-state index in [0.29, 0.717) is 5.56 Å². The Hall–Kier alpha value is -2.48. The molecule has 7 nitrogen and oxygen atoms in total. The third-order valence-corrected chi connectivity index (χ3v) is 5.70. The Bertz CT molecular complexity index is 919. The number of nitrogens with zero attached hydrogens (tertiary/aromatic N) is 1. The molecule has 0 saturated heterocycles. The van der Waals surface area contributed by atoms with Crippen LogP contribution in [0.5, 0.6) is 0 Å². The van der Waals surface area contributed by atoms with Gasteiger partial charge in [-0.15, -0.1) is 0 Å². The zero-order valence-corrected chi connectivity index (χ0v) is 22.2. The lowest BCUT2D eigenvalue weighted by molar-refractivity contribution is -0.143. The molecule has 0 bridgehead atoms. The lowest BCUT2D eigenvalue weighted by Crippen LogP contribution is -2.56. The fourth-order valence-electron chi connectivity index (χ4n) is 3.72. The maximum absolute atomic E-state index is 13.8. The first-order valence-corrected chi connectivity index (χ1v) is 12.3. The van der Waals surface area contributed by atoms with E-state index in [0.717, 1.165) is 12.0 Å². The van der Waals surface area contributed by atoms with Crippen molar-refractivity contribution < 1.29 is 19.1 Å². The van der Waals surface area contributed by atoms with Crippen LogP contribution >= 0.6 is 12.6 Å². The van der Waals surface area contributed by atoms with E-state index in [1.165, 1.54) is 0 Å². The fourth-order valence-corrected chi connectivity index (χ4v) is 3.97. The number of ether oxygens (including phenoxy) is 1. The summed E-state index contributed by atoms with van der Waals surface area (Å²) in [5.74, 6) is -0.348. The smallest absolute Gasteiger partial charge is 0.408 e. The molecule has 1 aliphatic rings. The number of carbonyl (C=O) groups excluding carboxylic acids is 3. The van der Waals surface area contributed by atoms with E-state index in [1.807, 2.05) is 52.0 Å². The second-order valence-electron chi connectivity index (χ2n) is 10.9. The van der Waals surface area contributed by atoms with E-state index in [2.05, 4.69) is 29.8 Å². The third-order valence-electron chi connectivity index (χ3n) is 5.34. The van der Waals surface area contributed by atoms with Crippen LogP contribution in [0.4, 0.5) is 4.79 Å². The summed E-state index contributed by atoms with van der Waals surface area (Å²) in [6.45, 7) is 16.8. The molecule has 0 aromatic heterocycles. The maximum Gasteiger partial charge on any atom is 0.408 e. The van der Waals surface area contributed by atoms with Gasteiger partial charge in [0, 0.05) is 17.3 Å². The van der Waals surface area contributed by atoms with Gasteiger partial charge in [0.05, 0.1) is 0 Å². The molecule has 2 rings (SSSR count). The van der Waals surface area contributed by atoms with E-state index >= 15 is 0 Å². The molecular weight excluding hydrogens is 450 g/mol. The maximum atomic E-state index is 13.8. The Labute approximate surface area is 209 Å². The molecule has 1 aliphatic carbocycles. The Morgan fingerprint density at radius 2 is 1.85 bits per heavy atom. The molecule has 1 aromatic rings. The van der Waals surface area contributed by atoms with Gasteiger partial charge >= 0.3 is 6.09 Å². The highest BCUT2D eigenvalue weighted by Gasteiger charge is 2.48. The Kier molecular flexibility index (Phi) is 8.86. The zero-order valence-electron chi connectivity index (χ0n) is 21.3. The molecule has 1 saturated carbocycles. The van der Waals surface area contributed by atoms with Gasteiger partial charge in [-0.1, -0.05) is 37.8 Å². The predicted octanol–water partition coefficient (Wildman–Crippen LogP) is 4.35. The number of nitrogens with one attached hydrogen (secondary N) is 2. The van der Waals surface area contributed by atoms with Gasteiger partial charge in [-0.3, -0.25) is 9.59 Å². The Morgan fingerprint density at radius 3 is 2.32 bits per heavy atom. The third kappa shape index (κ3) is 7.79. The molecule has 1 aromatic carbocycles. The molecule has 3 amide bonds. The van der Waals surface area contributed by atoms with Gasteiger partial charge < -0.3 is 20.3 Å². The predicted molar refractivity (Wildman–Crippen MR) is 139 cm³/mol. The van der Waals surface area contributed by atoms with Gasteiger partial charge in [-0.25, -0.2) is 4.79 Å². The van der Waals surface area contributed by atoms with Crippen LogP contribution in [-0.2, 0) is 14.3 Å². The van der Waals surface area contributed by atoms with Crippen molar-refractivity contribution in [1.29, 1.82) is 0 Å². The minimum Gasteiger partial charge on any atom is -0.444 e. The van der Waals surface area contributed by atoms with Crippen molar-refractivity contribution in [2.45, 2.75) is 84.2 Å². The highest BCUT2D eigenvalue weighted by molar-refractivity contribution is 7.80. The van der Waals surface area contributed by atoms with Crippen molar-refractivity contribution in [3.05, 3.63) is 42.0 Å². The van der Waals surface area contributed by atoms with Crippen LogP contribution in [0.25, 0.3) is 6.08 Å². The lowest BCUT2D eigenvalue weighted by atomic mass is 9.98. The first-order valence-electron chi connectivity index (χ1n) is 11.6. The van der Waals surface area contributed by atoms with E-state index < -0.39 is 29.3 Å². The summed E-state index contributed by atoms with van der Waals surface area (Å²) in [7, 11) is 0. The molecule has 188 valence electrons. The molecule has 8 heteroatoms. The van der Waals surface area contributed by atoms with E-state index in [9.17, 15) is 14.4 Å².